The molecule has 96 valence electrons. The zero-order chi connectivity index (χ0) is 13.3. The van der Waals surface area contributed by atoms with Crippen LogP contribution in [0.4, 0.5) is 11.4 Å². The van der Waals surface area contributed by atoms with Crippen LogP contribution in [0.2, 0.25) is 9.36 Å². The summed E-state index contributed by atoms with van der Waals surface area (Å²) in [5.41, 5.74) is 6.26. The number of hydrogen-bond donors (Lipinski definition) is 2. The molecule has 0 radical (unpaired) electrons. The van der Waals surface area contributed by atoms with Crippen LogP contribution in [0, 0.1) is 0 Å². The van der Waals surface area contributed by atoms with Crippen molar-refractivity contribution in [2.75, 3.05) is 10.5 Å². The van der Waals surface area contributed by atoms with Crippen molar-refractivity contribution in [1.82, 2.24) is 0 Å². The Kier molecular flexibility index (Phi) is 3.72. The van der Waals surface area contributed by atoms with Gasteiger partial charge in [0.25, 0.3) is 10.0 Å². The number of nitrogens with one attached hydrogen (secondary N) is 1. The monoisotopic (exact) mass is 322 g/mol. The van der Waals surface area contributed by atoms with Gasteiger partial charge in [0.1, 0.15) is 4.21 Å². The summed E-state index contributed by atoms with van der Waals surface area (Å²) in [6.45, 7) is 0. The van der Waals surface area contributed by atoms with E-state index in [4.69, 9.17) is 28.9 Å². The summed E-state index contributed by atoms with van der Waals surface area (Å²) in [5.74, 6) is 0. The van der Waals surface area contributed by atoms with E-state index in [9.17, 15) is 8.42 Å². The molecule has 0 amide bonds. The Morgan fingerprint density at radius 2 is 1.89 bits per heavy atom. The van der Waals surface area contributed by atoms with Crippen LogP contribution in [-0.4, -0.2) is 8.42 Å². The van der Waals surface area contributed by atoms with Gasteiger partial charge in [-0.25, -0.2) is 8.42 Å². The van der Waals surface area contributed by atoms with Crippen molar-refractivity contribution in [3.63, 3.8) is 0 Å². The molecule has 0 saturated heterocycles. The minimum absolute atomic E-state index is 0.125. The summed E-state index contributed by atoms with van der Waals surface area (Å²) in [5, 5.41) is 0.237. The van der Waals surface area contributed by atoms with Crippen LogP contribution in [-0.2, 0) is 10.0 Å². The van der Waals surface area contributed by atoms with Gasteiger partial charge in [-0.15, -0.1) is 11.3 Å². The van der Waals surface area contributed by atoms with E-state index in [0.717, 1.165) is 11.3 Å². The zero-order valence-corrected chi connectivity index (χ0v) is 12.0. The topological polar surface area (TPSA) is 72.2 Å². The maximum atomic E-state index is 12.0. The predicted octanol–water partition coefficient (Wildman–Crippen LogP) is 3.44. The van der Waals surface area contributed by atoms with E-state index in [1.165, 1.54) is 24.3 Å². The first-order valence-electron chi connectivity index (χ1n) is 4.72. The van der Waals surface area contributed by atoms with Gasteiger partial charge in [-0.2, -0.15) is 0 Å². The molecule has 8 heteroatoms. The molecule has 0 saturated carbocycles. The molecule has 1 aromatic heterocycles. The molecule has 0 aliphatic rings. The molecule has 2 aromatic rings. The molecule has 1 aromatic carbocycles. The number of anilines is 2. The Labute approximate surface area is 118 Å². The lowest BCUT2D eigenvalue weighted by Crippen LogP contribution is -2.11. The van der Waals surface area contributed by atoms with Gasteiger partial charge in [-0.1, -0.05) is 23.2 Å². The highest BCUT2D eigenvalue weighted by Gasteiger charge is 2.17. The van der Waals surface area contributed by atoms with Crippen molar-refractivity contribution in [3.05, 3.63) is 39.7 Å². The fourth-order valence-electron chi connectivity index (χ4n) is 1.25. The van der Waals surface area contributed by atoms with Crippen molar-refractivity contribution < 1.29 is 8.42 Å². The normalized spacial score (nSPS) is 11.4. The van der Waals surface area contributed by atoms with Gasteiger partial charge < -0.3 is 5.73 Å². The lowest BCUT2D eigenvalue weighted by atomic mass is 10.3. The van der Waals surface area contributed by atoms with Crippen molar-refractivity contribution in [3.8, 4) is 0 Å². The second-order valence-corrected chi connectivity index (χ2v) is 7.43. The highest BCUT2D eigenvalue weighted by molar-refractivity contribution is 7.94. The minimum Gasteiger partial charge on any atom is -0.399 e. The van der Waals surface area contributed by atoms with Crippen LogP contribution in [0.25, 0.3) is 0 Å². The maximum Gasteiger partial charge on any atom is 0.271 e. The third-order valence-electron chi connectivity index (χ3n) is 2.05. The Hall–Kier alpha value is -0.950. The number of thiophene rings is 1. The molecule has 1 heterocycles. The summed E-state index contributed by atoms with van der Waals surface area (Å²) in [6, 6.07) is 7.49. The fraction of sp³-hybridized carbons (Fsp3) is 0. The molecular weight excluding hydrogens is 315 g/mol. The second-order valence-electron chi connectivity index (χ2n) is 3.40. The van der Waals surface area contributed by atoms with E-state index in [-0.39, 0.29) is 14.9 Å². The standard InChI is InChI=1S/C10H8Cl2N2O2S2/c11-7-5-6(13)1-2-8(7)14-18(15,16)10-4-3-9(12)17-10/h1-5,14H,13H2. The molecule has 0 fully saturated rings. The molecule has 0 spiro atoms. The van der Waals surface area contributed by atoms with Gasteiger partial charge in [0.15, 0.2) is 0 Å². The average molecular weight is 323 g/mol. The van der Waals surface area contributed by atoms with Crippen LogP contribution in [0.5, 0.6) is 0 Å². The van der Waals surface area contributed by atoms with Crippen LogP contribution in [0.1, 0.15) is 0 Å². The average Bonchev–Trinajstić information content (AvgIpc) is 2.70. The largest absolute Gasteiger partial charge is 0.399 e. The van der Waals surface area contributed by atoms with Crippen molar-refractivity contribution in [2.24, 2.45) is 0 Å². The first-order chi connectivity index (χ1) is 8.38. The summed E-state index contributed by atoms with van der Waals surface area (Å²) in [4.78, 5) is 0. The van der Waals surface area contributed by atoms with E-state index in [2.05, 4.69) is 4.72 Å². The molecular formula is C10H8Cl2N2O2S2. The lowest BCUT2D eigenvalue weighted by Gasteiger charge is -2.08. The molecule has 0 aliphatic carbocycles. The smallest absolute Gasteiger partial charge is 0.271 e. The predicted molar refractivity (Wildman–Crippen MR) is 76.0 cm³/mol. The number of rotatable bonds is 3. The zero-order valence-electron chi connectivity index (χ0n) is 8.85. The third kappa shape index (κ3) is 2.89. The summed E-state index contributed by atoms with van der Waals surface area (Å²) >= 11 is 12.6. The molecule has 0 aliphatic heterocycles. The minimum atomic E-state index is -3.67. The van der Waals surface area contributed by atoms with Crippen molar-refractivity contribution >= 4 is 55.9 Å². The number of halogens is 2. The van der Waals surface area contributed by atoms with Crippen LogP contribution in [0.3, 0.4) is 0 Å². The van der Waals surface area contributed by atoms with Crippen LogP contribution in [0.15, 0.2) is 34.5 Å². The Balaban J connectivity index is 2.33. The highest BCUT2D eigenvalue weighted by atomic mass is 35.5. The first-order valence-corrected chi connectivity index (χ1v) is 7.77. The van der Waals surface area contributed by atoms with E-state index in [1.54, 1.807) is 6.07 Å². The second kappa shape index (κ2) is 4.97. The number of sulfonamides is 1. The Bertz CT molecular complexity index is 683. The van der Waals surface area contributed by atoms with E-state index in [1.807, 2.05) is 0 Å². The summed E-state index contributed by atoms with van der Waals surface area (Å²) in [6.07, 6.45) is 0. The first kappa shape index (κ1) is 13.5. The molecule has 18 heavy (non-hydrogen) atoms. The van der Waals surface area contributed by atoms with Gasteiger partial charge in [-0.05, 0) is 30.3 Å². The summed E-state index contributed by atoms with van der Waals surface area (Å²) < 4.78 is 26.9. The Morgan fingerprint density at radius 3 is 2.44 bits per heavy atom. The van der Waals surface area contributed by atoms with Crippen LogP contribution >= 0.6 is 34.5 Å². The third-order valence-corrected chi connectivity index (χ3v) is 5.45. The van der Waals surface area contributed by atoms with E-state index in [0.29, 0.717) is 10.0 Å². The van der Waals surface area contributed by atoms with Gasteiger partial charge in [0, 0.05) is 5.69 Å². The molecule has 0 bridgehead atoms. The number of nitrogen functional groups attached to an aromatic ring is 1. The molecule has 2 rings (SSSR count). The molecule has 4 nitrogen and oxygen atoms in total. The number of hydrogen-bond acceptors (Lipinski definition) is 4. The number of benzene rings is 1. The molecule has 0 unspecified atom stereocenters. The number of nitrogens with two attached hydrogens (primary N) is 1. The van der Waals surface area contributed by atoms with Crippen LogP contribution < -0.4 is 10.5 Å². The quantitative estimate of drug-likeness (QED) is 0.850. The highest BCUT2D eigenvalue weighted by Crippen LogP contribution is 2.30. The SMILES string of the molecule is Nc1ccc(NS(=O)(=O)c2ccc(Cl)s2)c(Cl)c1. The van der Waals surface area contributed by atoms with Gasteiger partial charge >= 0.3 is 0 Å². The van der Waals surface area contributed by atoms with Gasteiger partial charge in [0.2, 0.25) is 0 Å². The van der Waals surface area contributed by atoms with Crippen molar-refractivity contribution in [1.29, 1.82) is 0 Å². The van der Waals surface area contributed by atoms with E-state index < -0.39 is 10.0 Å². The van der Waals surface area contributed by atoms with E-state index >= 15 is 0 Å². The van der Waals surface area contributed by atoms with Crippen molar-refractivity contribution in [2.45, 2.75) is 4.21 Å². The molecule has 0 atom stereocenters. The Morgan fingerprint density at radius 1 is 1.17 bits per heavy atom. The summed E-state index contributed by atoms with van der Waals surface area (Å²) in [7, 11) is -3.67. The fourth-order valence-corrected chi connectivity index (χ4v) is 4.11. The molecule has 3 N–H and O–H groups in total. The maximum absolute atomic E-state index is 12.0. The lowest BCUT2D eigenvalue weighted by molar-refractivity contribution is 0.603. The van der Waals surface area contributed by atoms with Gasteiger partial charge in [-0.3, -0.25) is 4.72 Å². The van der Waals surface area contributed by atoms with Gasteiger partial charge in [0.05, 0.1) is 15.0 Å².